The van der Waals surface area contributed by atoms with E-state index in [1.54, 1.807) is 0 Å². The molecule has 160 valence electrons. The Bertz CT molecular complexity index is 1190. The van der Waals surface area contributed by atoms with E-state index >= 15 is 0 Å². The lowest BCUT2D eigenvalue weighted by atomic mass is 9.81. The molecule has 0 radical (unpaired) electrons. The molecule has 2 aromatic rings. The minimum Gasteiger partial charge on any atom is -0.377 e. The molecule has 0 N–H and O–H groups in total. The average molecular weight is 423 g/mol. The Balaban J connectivity index is 0.000000113. The van der Waals surface area contributed by atoms with Crippen LogP contribution in [0.15, 0.2) is 72.1 Å². The van der Waals surface area contributed by atoms with Crippen molar-refractivity contribution in [2.24, 2.45) is 11.8 Å². The van der Waals surface area contributed by atoms with Crippen LogP contribution in [0.25, 0.3) is 0 Å². The van der Waals surface area contributed by atoms with Gasteiger partial charge in [0.15, 0.2) is 11.6 Å². The average Bonchev–Trinajstić information content (AvgIpc) is 3.65. The summed E-state index contributed by atoms with van der Waals surface area (Å²) in [6, 6.07) is 16.2. The van der Waals surface area contributed by atoms with E-state index in [0.29, 0.717) is 0 Å². The molecule has 2 saturated carbocycles. The summed E-state index contributed by atoms with van der Waals surface area (Å²) in [4.78, 5) is 28.6. The summed E-state index contributed by atoms with van der Waals surface area (Å²) in [7, 11) is 4.20. The third-order valence-corrected chi connectivity index (χ3v) is 8.82. The molecule has 0 unspecified atom stereocenters. The van der Waals surface area contributed by atoms with Crippen LogP contribution in [0.3, 0.4) is 0 Å². The molecule has 2 heterocycles. The van der Waals surface area contributed by atoms with Crippen LogP contribution in [0.1, 0.15) is 44.7 Å². The molecule has 0 bridgehead atoms. The molecule has 2 aliphatic heterocycles. The van der Waals surface area contributed by atoms with E-state index in [4.69, 9.17) is 0 Å². The summed E-state index contributed by atoms with van der Waals surface area (Å²) in [6.07, 6.45) is 6.17. The van der Waals surface area contributed by atoms with Gasteiger partial charge in [0.05, 0.1) is 0 Å². The highest BCUT2D eigenvalue weighted by molar-refractivity contribution is 6.09. The number of piperidine rings is 2. The smallest absolute Gasteiger partial charge is 0.187 e. The molecule has 4 aliphatic carbocycles. The first-order valence-electron chi connectivity index (χ1n) is 11.6. The van der Waals surface area contributed by atoms with Gasteiger partial charge in [0.1, 0.15) is 0 Å². The van der Waals surface area contributed by atoms with Crippen LogP contribution >= 0.6 is 0 Å². The fourth-order valence-corrected chi connectivity index (χ4v) is 7.26. The summed E-state index contributed by atoms with van der Waals surface area (Å²) in [5.74, 6) is 1.82. The Morgan fingerprint density at radius 1 is 0.688 bits per heavy atom. The van der Waals surface area contributed by atoms with Gasteiger partial charge in [-0.2, -0.15) is 0 Å². The first-order chi connectivity index (χ1) is 15.5. The summed E-state index contributed by atoms with van der Waals surface area (Å²) < 4.78 is 0. The van der Waals surface area contributed by atoms with Crippen LogP contribution in [-0.4, -0.2) is 48.6 Å². The van der Waals surface area contributed by atoms with Crippen molar-refractivity contribution < 1.29 is 9.59 Å². The predicted octanol–water partition coefficient (Wildman–Crippen LogP) is 3.94. The molecule has 4 nitrogen and oxygen atoms in total. The van der Waals surface area contributed by atoms with Crippen molar-refractivity contribution >= 4 is 11.6 Å². The van der Waals surface area contributed by atoms with Gasteiger partial charge >= 0.3 is 0 Å². The summed E-state index contributed by atoms with van der Waals surface area (Å²) in [5.41, 5.74) is 7.30. The number of rotatable bonds is 0. The van der Waals surface area contributed by atoms with Crippen LogP contribution in [0.5, 0.6) is 0 Å². The number of hydrogen-bond donors (Lipinski definition) is 0. The van der Waals surface area contributed by atoms with E-state index in [1.165, 1.54) is 35.4 Å². The number of likely N-dealkylation sites (N-methyl/N-ethyl adjacent to an activating group) is 2. The van der Waals surface area contributed by atoms with Gasteiger partial charge in [-0.25, -0.2) is 0 Å². The minimum atomic E-state index is 0.177. The van der Waals surface area contributed by atoms with Gasteiger partial charge in [0, 0.05) is 72.7 Å². The highest BCUT2D eigenvalue weighted by Crippen LogP contribution is 2.67. The van der Waals surface area contributed by atoms with Crippen molar-refractivity contribution in [3.63, 3.8) is 0 Å². The number of carbonyl (C=O) groups excluding carboxylic acids is 2. The molecule has 2 aromatic carbocycles. The molecule has 2 saturated heterocycles. The standard InChI is InChI=1S/2C14H13NO/c2*1-15-8-9-7-14(9)11-5-3-2-4-10(11)12(16)6-13(14)15/h2*2-6,9H,7-8H2,1H3/t2*9-,14-/m10/s1. The summed E-state index contributed by atoms with van der Waals surface area (Å²) in [5, 5.41) is 0. The van der Waals surface area contributed by atoms with E-state index in [0.717, 1.165) is 36.1 Å². The molecule has 4 atom stereocenters. The first-order valence-corrected chi connectivity index (χ1v) is 11.6. The van der Waals surface area contributed by atoms with Crippen molar-refractivity contribution in [3.8, 4) is 0 Å². The molecule has 8 rings (SSSR count). The molecular formula is C28H26N2O2. The van der Waals surface area contributed by atoms with Crippen molar-refractivity contribution in [2.75, 3.05) is 27.2 Å². The Morgan fingerprint density at radius 2 is 1.09 bits per heavy atom. The van der Waals surface area contributed by atoms with E-state index in [9.17, 15) is 9.59 Å². The van der Waals surface area contributed by atoms with Gasteiger partial charge < -0.3 is 9.80 Å². The van der Waals surface area contributed by atoms with E-state index < -0.39 is 0 Å². The number of hydrogen-bond acceptors (Lipinski definition) is 4. The van der Waals surface area contributed by atoms with Gasteiger partial charge in [-0.15, -0.1) is 0 Å². The second-order valence-electron chi connectivity index (χ2n) is 10.4. The van der Waals surface area contributed by atoms with Gasteiger partial charge in [0.2, 0.25) is 0 Å². The van der Waals surface area contributed by atoms with E-state index in [-0.39, 0.29) is 22.4 Å². The zero-order valence-corrected chi connectivity index (χ0v) is 18.5. The minimum absolute atomic E-state index is 0.177. The van der Waals surface area contributed by atoms with Crippen LogP contribution < -0.4 is 0 Å². The highest BCUT2D eigenvalue weighted by atomic mass is 16.1. The Kier molecular flexibility index (Phi) is 3.34. The van der Waals surface area contributed by atoms with Gasteiger partial charge in [-0.05, 0) is 35.8 Å². The Labute approximate surface area is 188 Å². The molecule has 6 aliphatic rings. The second kappa shape index (κ2) is 5.80. The monoisotopic (exact) mass is 422 g/mol. The van der Waals surface area contributed by atoms with Crippen LogP contribution in [0.4, 0.5) is 0 Å². The number of benzene rings is 2. The number of likely N-dealkylation sites (tertiary alicyclic amines) is 2. The predicted molar refractivity (Wildman–Crippen MR) is 123 cm³/mol. The van der Waals surface area contributed by atoms with E-state index in [2.05, 4.69) is 48.2 Å². The highest BCUT2D eigenvalue weighted by Gasteiger charge is 2.66. The second-order valence-corrected chi connectivity index (χ2v) is 10.4. The van der Waals surface area contributed by atoms with Crippen LogP contribution in [-0.2, 0) is 10.8 Å². The molecule has 32 heavy (non-hydrogen) atoms. The van der Waals surface area contributed by atoms with E-state index in [1.807, 2.05) is 36.4 Å². The molecule has 2 spiro atoms. The lowest BCUT2D eigenvalue weighted by molar-refractivity contribution is 0.103. The number of ketones is 2. The zero-order chi connectivity index (χ0) is 21.8. The maximum absolute atomic E-state index is 12.0. The maximum Gasteiger partial charge on any atom is 0.187 e. The third-order valence-electron chi connectivity index (χ3n) is 8.82. The molecule has 0 amide bonds. The normalized spacial score (nSPS) is 34.1. The lowest BCUT2D eigenvalue weighted by Gasteiger charge is -2.27. The first kappa shape index (κ1) is 18.4. The van der Waals surface area contributed by atoms with Gasteiger partial charge in [-0.3, -0.25) is 9.59 Å². The molecular weight excluding hydrogens is 396 g/mol. The SMILES string of the molecule is CN1C[C@@H]2C[C@]23C1=CC(=O)c1ccccc13.CN1C[C@H]2C[C@@]23C1=CC(=O)c1ccccc13. The summed E-state index contributed by atoms with van der Waals surface area (Å²) >= 11 is 0. The van der Waals surface area contributed by atoms with Crippen molar-refractivity contribution in [1.29, 1.82) is 0 Å². The fourth-order valence-electron chi connectivity index (χ4n) is 7.26. The number of fused-ring (bicyclic) bond motifs is 2. The Morgan fingerprint density at radius 3 is 1.53 bits per heavy atom. The van der Waals surface area contributed by atoms with Crippen LogP contribution in [0, 0.1) is 11.8 Å². The van der Waals surface area contributed by atoms with Gasteiger partial charge in [0.25, 0.3) is 0 Å². The van der Waals surface area contributed by atoms with Gasteiger partial charge in [-0.1, -0.05) is 48.5 Å². The number of allylic oxidation sites excluding steroid dienone is 4. The number of carbonyl (C=O) groups is 2. The fraction of sp³-hybridized carbons (Fsp3) is 0.357. The number of nitrogens with zero attached hydrogens (tertiary/aromatic N) is 2. The summed E-state index contributed by atoms with van der Waals surface area (Å²) in [6.45, 7) is 2.21. The van der Waals surface area contributed by atoms with Crippen molar-refractivity contribution in [1.82, 2.24) is 9.80 Å². The lowest BCUT2D eigenvalue weighted by Crippen LogP contribution is -2.26. The van der Waals surface area contributed by atoms with Crippen LogP contribution in [0.2, 0.25) is 0 Å². The molecule has 4 fully saturated rings. The maximum atomic E-state index is 12.0. The van der Waals surface area contributed by atoms with Crippen molar-refractivity contribution in [2.45, 2.75) is 23.7 Å². The topological polar surface area (TPSA) is 40.6 Å². The quantitative estimate of drug-likeness (QED) is 0.645. The van der Waals surface area contributed by atoms with Crippen molar-refractivity contribution in [3.05, 3.63) is 94.3 Å². The molecule has 4 heteroatoms. The Hall–Kier alpha value is -3.14. The zero-order valence-electron chi connectivity index (χ0n) is 18.5. The largest absolute Gasteiger partial charge is 0.377 e. The third kappa shape index (κ3) is 2.08. The molecule has 0 aromatic heterocycles.